The number of esters is 1. The van der Waals surface area contributed by atoms with Crippen LogP contribution >= 0.6 is 15.9 Å². The Hall–Kier alpha value is -2.41. The minimum absolute atomic E-state index is 0.0292. The number of carbonyl (C=O) groups excluding carboxylic acids is 1. The average Bonchev–Trinajstić information content (AvgIpc) is 2.86. The van der Waals surface area contributed by atoms with E-state index in [1.54, 1.807) is 13.0 Å². The molecule has 0 spiro atoms. The van der Waals surface area contributed by atoms with E-state index in [1.807, 2.05) is 0 Å². The van der Waals surface area contributed by atoms with Crippen molar-refractivity contribution in [2.24, 2.45) is 0 Å². The smallest absolute Gasteiger partial charge is 0.342 e. The Bertz CT molecular complexity index is 953. The topological polar surface area (TPSA) is 65.5 Å². The van der Waals surface area contributed by atoms with E-state index in [-0.39, 0.29) is 23.5 Å². The zero-order chi connectivity index (χ0) is 17.4. The van der Waals surface area contributed by atoms with Gasteiger partial charge in [-0.15, -0.1) is 0 Å². The molecule has 3 rings (SSSR count). The molecule has 7 heteroatoms. The maximum atomic E-state index is 14.2. The monoisotopic (exact) mass is 395 g/mol. The van der Waals surface area contributed by atoms with Gasteiger partial charge in [0.05, 0.1) is 12.2 Å². The summed E-state index contributed by atoms with van der Waals surface area (Å²) in [6.45, 7) is 1.80. The predicted molar refractivity (Wildman–Crippen MR) is 89.6 cm³/mol. The molecule has 0 amide bonds. The molecule has 0 aliphatic rings. The van der Waals surface area contributed by atoms with Crippen molar-refractivity contribution in [3.05, 3.63) is 52.0 Å². The maximum absolute atomic E-state index is 14.2. The van der Waals surface area contributed by atoms with Gasteiger partial charge in [-0.25, -0.2) is 13.6 Å². The number of nitrogens with two attached hydrogens (primary N) is 1. The molecule has 0 saturated heterocycles. The molecule has 1 heterocycles. The number of ether oxygens (including phenoxy) is 1. The van der Waals surface area contributed by atoms with Gasteiger partial charge in [0.25, 0.3) is 0 Å². The molecular formula is C17H12BrF2NO3. The summed E-state index contributed by atoms with van der Waals surface area (Å²) in [5.41, 5.74) is 6.56. The number of carbonyl (C=O) groups is 1. The summed E-state index contributed by atoms with van der Waals surface area (Å²) >= 11 is 3.29. The first-order valence-electron chi connectivity index (χ1n) is 7.06. The lowest BCUT2D eigenvalue weighted by Gasteiger charge is -2.05. The Kier molecular flexibility index (Phi) is 4.28. The molecule has 4 nitrogen and oxygen atoms in total. The molecule has 0 bridgehead atoms. The van der Waals surface area contributed by atoms with E-state index in [2.05, 4.69) is 15.9 Å². The highest BCUT2D eigenvalue weighted by Gasteiger charge is 2.26. The van der Waals surface area contributed by atoms with Crippen LogP contribution in [0, 0.1) is 11.6 Å². The van der Waals surface area contributed by atoms with E-state index in [0.29, 0.717) is 21.1 Å². The summed E-state index contributed by atoms with van der Waals surface area (Å²) in [7, 11) is 0. The molecule has 24 heavy (non-hydrogen) atoms. The number of rotatable bonds is 3. The third-order valence-corrected chi connectivity index (χ3v) is 4.15. The van der Waals surface area contributed by atoms with Crippen molar-refractivity contribution in [1.82, 2.24) is 0 Å². The Morgan fingerprint density at radius 1 is 1.29 bits per heavy atom. The van der Waals surface area contributed by atoms with Crippen LogP contribution in [-0.2, 0) is 4.74 Å². The summed E-state index contributed by atoms with van der Waals surface area (Å²) in [5.74, 6) is -2.26. The van der Waals surface area contributed by atoms with Crippen LogP contribution in [0.25, 0.3) is 22.3 Å². The molecule has 0 saturated carbocycles. The van der Waals surface area contributed by atoms with Crippen molar-refractivity contribution in [2.75, 3.05) is 12.3 Å². The molecule has 0 aliphatic carbocycles. The van der Waals surface area contributed by atoms with Crippen molar-refractivity contribution in [1.29, 1.82) is 0 Å². The third kappa shape index (κ3) is 2.75. The second kappa shape index (κ2) is 6.24. The van der Waals surface area contributed by atoms with Gasteiger partial charge in [-0.05, 0) is 41.1 Å². The van der Waals surface area contributed by atoms with E-state index in [4.69, 9.17) is 14.9 Å². The molecule has 0 radical (unpaired) electrons. The molecule has 0 unspecified atom stereocenters. The third-order valence-electron chi connectivity index (χ3n) is 3.46. The lowest BCUT2D eigenvalue weighted by atomic mass is 10.0. The molecular weight excluding hydrogens is 384 g/mol. The summed E-state index contributed by atoms with van der Waals surface area (Å²) in [6, 6.07) is 6.15. The van der Waals surface area contributed by atoms with E-state index in [1.165, 1.54) is 12.1 Å². The SMILES string of the molecule is CCOC(=O)c1c(-c2ccc(F)cc2F)oc2cc(N)c(Br)cc12. The molecule has 0 fully saturated rings. The van der Waals surface area contributed by atoms with Gasteiger partial charge in [0, 0.05) is 27.7 Å². The first-order chi connectivity index (χ1) is 11.4. The fourth-order valence-electron chi connectivity index (χ4n) is 2.40. The molecule has 2 N–H and O–H groups in total. The highest BCUT2D eigenvalue weighted by molar-refractivity contribution is 9.10. The Labute approximate surface area is 144 Å². The summed E-state index contributed by atoms with van der Waals surface area (Å²) in [5, 5.41) is 0.424. The second-order valence-corrected chi connectivity index (χ2v) is 5.88. The van der Waals surface area contributed by atoms with Gasteiger partial charge in [0.1, 0.15) is 22.8 Å². The largest absolute Gasteiger partial charge is 0.462 e. The van der Waals surface area contributed by atoms with Gasteiger partial charge in [-0.2, -0.15) is 0 Å². The van der Waals surface area contributed by atoms with Crippen LogP contribution in [0.3, 0.4) is 0 Å². The van der Waals surface area contributed by atoms with Crippen LogP contribution in [0.5, 0.6) is 0 Å². The van der Waals surface area contributed by atoms with Crippen LogP contribution in [0.4, 0.5) is 14.5 Å². The highest BCUT2D eigenvalue weighted by Crippen LogP contribution is 2.38. The maximum Gasteiger partial charge on any atom is 0.342 e. The molecule has 1 aromatic heterocycles. The van der Waals surface area contributed by atoms with Crippen molar-refractivity contribution < 1.29 is 22.7 Å². The quantitative estimate of drug-likeness (QED) is 0.505. The summed E-state index contributed by atoms with van der Waals surface area (Å²) in [4.78, 5) is 12.4. The number of hydrogen-bond donors (Lipinski definition) is 1. The molecule has 0 aliphatic heterocycles. The highest BCUT2D eigenvalue weighted by atomic mass is 79.9. The zero-order valence-electron chi connectivity index (χ0n) is 12.5. The van der Waals surface area contributed by atoms with Crippen LogP contribution in [0.2, 0.25) is 0 Å². The Balaban J connectivity index is 2.33. The van der Waals surface area contributed by atoms with E-state index in [9.17, 15) is 13.6 Å². The van der Waals surface area contributed by atoms with Gasteiger partial charge in [-0.1, -0.05) is 0 Å². The van der Waals surface area contributed by atoms with Gasteiger partial charge in [0.2, 0.25) is 0 Å². The van der Waals surface area contributed by atoms with E-state index >= 15 is 0 Å². The molecule has 0 atom stereocenters. The van der Waals surface area contributed by atoms with Gasteiger partial charge >= 0.3 is 5.97 Å². The molecule has 3 aromatic rings. The Morgan fingerprint density at radius 3 is 2.71 bits per heavy atom. The minimum Gasteiger partial charge on any atom is -0.462 e. The summed E-state index contributed by atoms with van der Waals surface area (Å²) < 4.78 is 38.6. The lowest BCUT2D eigenvalue weighted by Crippen LogP contribution is -2.05. The van der Waals surface area contributed by atoms with Crippen molar-refractivity contribution in [3.63, 3.8) is 0 Å². The van der Waals surface area contributed by atoms with Crippen LogP contribution in [0.1, 0.15) is 17.3 Å². The Morgan fingerprint density at radius 2 is 2.04 bits per heavy atom. The van der Waals surface area contributed by atoms with Crippen molar-refractivity contribution in [2.45, 2.75) is 6.92 Å². The normalized spacial score (nSPS) is 11.0. The standard InChI is InChI=1S/C17H12BrF2NO3/c1-2-23-17(22)15-10-6-11(18)13(21)7-14(10)24-16(15)9-4-3-8(19)5-12(9)20/h3-7H,2,21H2,1H3. The zero-order valence-corrected chi connectivity index (χ0v) is 14.1. The van der Waals surface area contributed by atoms with Crippen molar-refractivity contribution >= 4 is 38.6 Å². The fourth-order valence-corrected chi connectivity index (χ4v) is 2.74. The first kappa shape index (κ1) is 16.4. The van der Waals surface area contributed by atoms with Crippen molar-refractivity contribution in [3.8, 4) is 11.3 Å². The number of anilines is 1. The van der Waals surface area contributed by atoms with E-state index < -0.39 is 17.6 Å². The average molecular weight is 396 g/mol. The minimum atomic E-state index is -0.841. The number of halogens is 3. The number of fused-ring (bicyclic) bond motifs is 1. The lowest BCUT2D eigenvalue weighted by molar-refractivity contribution is 0.0528. The van der Waals surface area contributed by atoms with Crippen LogP contribution < -0.4 is 5.73 Å². The first-order valence-corrected chi connectivity index (χ1v) is 7.85. The number of furan rings is 1. The fraction of sp³-hybridized carbons (Fsp3) is 0.118. The summed E-state index contributed by atoms with van der Waals surface area (Å²) in [6.07, 6.45) is 0. The number of hydrogen-bond acceptors (Lipinski definition) is 4. The van der Waals surface area contributed by atoms with Crippen LogP contribution in [-0.4, -0.2) is 12.6 Å². The molecule has 2 aromatic carbocycles. The number of nitrogen functional groups attached to an aromatic ring is 1. The van der Waals surface area contributed by atoms with Crippen LogP contribution in [0.15, 0.2) is 39.2 Å². The van der Waals surface area contributed by atoms with Gasteiger partial charge in [-0.3, -0.25) is 0 Å². The van der Waals surface area contributed by atoms with E-state index in [0.717, 1.165) is 12.1 Å². The second-order valence-electron chi connectivity index (χ2n) is 5.02. The van der Waals surface area contributed by atoms with Gasteiger partial charge in [0.15, 0.2) is 5.76 Å². The van der Waals surface area contributed by atoms with Gasteiger partial charge < -0.3 is 14.9 Å². The predicted octanol–water partition coefficient (Wildman–Crippen LogP) is 4.90. The number of benzene rings is 2. The molecule has 124 valence electrons.